The third kappa shape index (κ3) is 6.02. The van der Waals surface area contributed by atoms with Gasteiger partial charge in [-0.15, -0.1) is 0 Å². The molecule has 25 heavy (non-hydrogen) atoms. The Balaban J connectivity index is 1.84. The molecule has 0 aliphatic heterocycles. The van der Waals surface area contributed by atoms with Gasteiger partial charge in [0.05, 0.1) is 4.92 Å². The maximum absolute atomic E-state index is 12.0. The lowest BCUT2D eigenvalue weighted by Gasteiger charge is -2.04. The average Bonchev–Trinajstić information content (AvgIpc) is 2.59. The van der Waals surface area contributed by atoms with Crippen molar-refractivity contribution >= 4 is 17.7 Å². The van der Waals surface area contributed by atoms with Gasteiger partial charge in [0, 0.05) is 24.8 Å². The number of benzene rings is 2. The number of hydrogen-bond donors (Lipinski definition) is 1. The molecule has 0 unspecified atom stereocenters. The molecule has 0 aliphatic rings. The van der Waals surface area contributed by atoms with Gasteiger partial charge in [0.25, 0.3) is 5.69 Å². The van der Waals surface area contributed by atoms with Gasteiger partial charge in [-0.3, -0.25) is 14.9 Å². The highest BCUT2D eigenvalue weighted by atomic mass is 19.3. The summed E-state index contributed by atoms with van der Waals surface area (Å²) in [4.78, 5) is 21.8. The van der Waals surface area contributed by atoms with E-state index in [1.54, 1.807) is 12.1 Å². The number of halogens is 2. The minimum Gasteiger partial charge on any atom is -0.435 e. The van der Waals surface area contributed by atoms with E-state index in [-0.39, 0.29) is 23.9 Å². The van der Waals surface area contributed by atoms with Crippen molar-refractivity contribution in [1.82, 2.24) is 5.32 Å². The van der Waals surface area contributed by atoms with E-state index in [0.717, 1.165) is 5.56 Å². The lowest BCUT2D eigenvalue weighted by Crippen LogP contribution is -2.20. The number of carbonyl (C=O) groups is 1. The van der Waals surface area contributed by atoms with Gasteiger partial charge in [-0.05, 0) is 29.3 Å². The second-order valence-corrected chi connectivity index (χ2v) is 4.92. The molecule has 8 heteroatoms. The van der Waals surface area contributed by atoms with E-state index in [9.17, 15) is 23.7 Å². The van der Waals surface area contributed by atoms with Crippen LogP contribution in [0.25, 0.3) is 6.08 Å². The van der Waals surface area contributed by atoms with Crippen molar-refractivity contribution in [3.8, 4) is 5.75 Å². The number of nitrogens with one attached hydrogen (secondary N) is 1. The van der Waals surface area contributed by atoms with Crippen LogP contribution in [0.3, 0.4) is 0 Å². The SMILES string of the molecule is O=C(/C=C\c1ccc(OC(F)F)cc1)NCc1ccc([N+](=O)[O-])cc1. The molecule has 6 nitrogen and oxygen atoms in total. The van der Waals surface area contributed by atoms with E-state index in [1.165, 1.54) is 48.6 Å². The van der Waals surface area contributed by atoms with Crippen LogP contribution in [-0.4, -0.2) is 17.4 Å². The molecule has 1 N–H and O–H groups in total. The highest BCUT2D eigenvalue weighted by molar-refractivity contribution is 5.91. The number of rotatable bonds is 7. The zero-order chi connectivity index (χ0) is 18.2. The van der Waals surface area contributed by atoms with E-state index < -0.39 is 11.5 Å². The lowest BCUT2D eigenvalue weighted by molar-refractivity contribution is -0.384. The third-order valence-electron chi connectivity index (χ3n) is 3.15. The van der Waals surface area contributed by atoms with Gasteiger partial charge in [0.15, 0.2) is 0 Å². The predicted molar refractivity (Wildman–Crippen MR) is 87.1 cm³/mol. The third-order valence-corrected chi connectivity index (χ3v) is 3.15. The van der Waals surface area contributed by atoms with Crippen molar-refractivity contribution in [2.24, 2.45) is 0 Å². The van der Waals surface area contributed by atoms with Crippen LogP contribution in [0.5, 0.6) is 5.75 Å². The van der Waals surface area contributed by atoms with Gasteiger partial charge in [-0.1, -0.05) is 24.3 Å². The second kappa shape index (κ2) is 8.53. The first-order valence-corrected chi connectivity index (χ1v) is 7.18. The summed E-state index contributed by atoms with van der Waals surface area (Å²) >= 11 is 0. The predicted octanol–water partition coefficient (Wildman–Crippen LogP) is 3.53. The number of ether oxygens (including phenoxy) is 1. The molecule has 2 aromatic carbocycles. The standard InChI is InChI=1S/C17H14F2N2O4/c18-17(19)25-15-8-3-12(4-9-15)5-10-16(22)20-11-13-1-6-14(7-2-13)21(23)24/h1-10,17H,11H2,(H,20,22)/b10-5-. The first-order valence-electron chi connectivity index (χ1n) is 7.18. The molecule has 0 aliphatic carbocycles. The Kier molecular flexibility index (Phi) is 6.16. The topological polar surface area (TPSA) is 81.5 Å². The molecule has 0 radical (unpaired) electrons. The summed E-state index contributed by atoms with van der Waals surface area (Å²) in [6.45, 7) is -2.66. The molecular formula is C17H14F2N2O4. The smallest absolute Gasteiger partial charge is 0.387 e. The van der Waals surface area contributed by atoms with Crippen molar-refractivity contribution in [3.63, 3.8) is 0 Å². The molecule has 0 aromatic heterocycles. The minimum absolute atomic E-state index is 0.0192. The molecule has 2 rings (SSSR count). The van der Waals surface area contributed by atoms with Crippen LogP contribution in [0.1, 0.15) is 11.1 Å². The molecule has 1 amide bonds. The summed E-state index contributed by atoms with van der Waals surface area (Å²) in [6.07, 6.45) is 2.83. The highest BCUT2D eigenvalue weighted by Crippen LogP contribution is 2.15. The van der Waals surface area contributed by atoms with Crippen LogP contribution in [0.2, 0.25) is 0 Å². The maximum atomic E-state index is 12.0. The molecule has 130 valence electrons. The number of amides is 1. The van der Waals surface area contributed by atoms with Gasteiger partial charge < -0.3 is 10.1 Å². The zero-order valence-corrected chi connectivity index (χ0v) is 12.9. The summed E-state index contributed by atoms with van der Waals surface area (Å²) in [5, 5.41) is 13.2. The Morgan fingerprint density at radius 3 is 2.36 bits per heavy atom. The monoisotopic (exact) mass is 348 g/mol. The number of non-ortho nitro benzene ring substituents is 1. The first kappa shape index (κ1) is 18.1. The summed E-state index contributed by atoms with van der Waals surface area (Å²) in [7, 11) is 0. The number of nitro groups is 1. The Labute approximate surface area is 141 Å². The van der Waals surface area contributed by atoms with Crippen LogP contribution in [0, 0.1) is 10.1 Å². The molecule has 0 spiro atoms. The molecule has 2 aromatic rings. The van der Waals surface area contributed by atoms with Gasteiger partial charge >= 0.3 is 6.61 Å². The van der Waals surface area contributed by atoms with E-state index in [4.69, 9.17) is 0 Å². The van der Waals surface area contributed by atoms with Crippen molar-refractivity contribution < 1.29 is 23.2 Å². The molecule has 0 fully saturated rings. The molecule has 0 saturated carbocycles. The van der Waals surface area contributed by atoms with Gasteiger partial charge in [0.2, 0.25) is 5.91 Å². The van der Waals surface area contributed by atoms with Gasteiger partial charge in [-0.2, -0.15) is 8.78 Å². The van der Waals surface area contributed by atoms with E-state index in [1.807, 2.05) is 0 Å². The molecule has 0 bridgehead atoms. The van der Waals surface area contributed by atoms with Gasteiger partial charge in [0.1, 0.15) is 5.75 Å². The number of nitro benzene ring substituents is 1. The number of carbonyl (C=O) groups excluding carboxylic acids is 1. The molecular weight excluding hydrogens is 334 g/mol. The summed E-state index contributed by atoms with van der Waals surface area (Å²) in [5.41, 5.74) is 1.35. The van der Waals surface area contributed by atoms with Crippen LogP contribution >= 0.6 is 0 Å². The van der Waals surface area contributed by atoms with Crippen molar-refractivity contribution in [1.29, 1.82) is 0 Å². The fraction of sp³-hybridized carbons (Fsp3) is 0.118. The summed E-state index contributed by atoms with van der Waals surface area (Å²) in [5.74, 6) is -0.318. The van der Waals surface area contributed by atoms with Crippen LogP contribution < -0.4 is 10.1 Å². The second-order valence-electron chi connectivity index (χ2n) is 4.92. The summed E-state index contributed by atoms with van der Waals surface area (Å²) in [6, 6.07) is 11.7. The molecule has 0 atom stereocenters. The van der Waals surface area contributed by atoms with Crippen molar-refractivity contribution in [3.05, 3.63) is 75.8 Å². The van der Waals surface area contributed by atoms with E-state index in [2.05, 4.69) is 10.1 Å². The summed E-state index contributed by atoms with van der Waals surface area (Å²) < 4.78 is 28.3. The first-order chi connectivity index (χ1) is 11.9. The van der Waals surface area contributed by atoms with E-state index >= 15 is 0 Å². The average molecular weight is 348 g/mol. The molecule has 0 heterocycles. The Morgan fingerprint density at radius 1 is 1.16 bits per heavy atom. The zero-order valence-electron chi connectivity index (χ0n) is 12.9. The van der Waals surface area contributed by atoms with Gasteiger partial charge in [-0.25, -0.2) is 0 Å². The maximum Gasteiger partial charge on any atom is 0.387 e. The Morgan fingerprint density at radius 2 is 1.80 bits per heavy atom. The van der Waals surface area contributed by atoms with E-state index in [0.29, 0.717) is 5.56 Å². The highest BCUT2D eigenvalue weighted by Gasteiger charge is 2.05. The minimum atomic E-state index is -2.88. The lowest BCUT2D eigenvalue weighted by atomic mass is 10.2. The number of alkyl halides is 2. The van der Waals surface area contributed by atoms with Crippen molar-refractivity contribution in [2.75, 3.05) is 0 Å². The fourth-order valence-electron chi connectivity index (χ4n) is 1.92. The van der Waals surface area contributed by atoms with Crippen LogP contribution in [-0.2, 0) is 11.3 Å². The quantitative estimate of drug-likeness (QED) is 0.471. The Hall–Kier alpha value is -3.29. The largest absolute Gasteiger partial charge is 0.435 e. The Bertz CT molecular complexity index is 759. The fourth-order valence-corrected chi connectivity index (χ4v) is 1.92. The van der Waals surface area contributed by atoms with Crippen molar-refractivity contribution in [2.45, 2.75) is 13.2 Å². The molecule has 0 saturated heterocycles. The normalized spacial score (nSPS) is 10.8. The number of nitrogens with zero attached hydrogens (tertiary/aromatic N) is 1. The van der Waals surface area contributed by atoms with Crippen LogP contribution in [0.4, 0.5) is 14.5 Å². The number of hydrogen-bond acceptors (Lipinski definition) is 4. The van der Waals surface area contributed by atoms with Crippen LogP contribution in [0.15, 0.2) is 54.6 Å².